The van der Waals surface area contributed by atoms with Crippen molar-refractivity contribution in [3.05, 3.63) is 41.5 Å². The first kappa shape index (κ1) is 19.2. The Kier molecular flexibility index (Phi) is 5.08. The van der Waals surface area contributed by atoms with Gasteiger partial charge in [0.1, 0.15) is 17.2 Å². The summed E-state index contributed by atoms with van der Waals surface area (Å²) in [7, 11) is 3.28. The molecule has 25 heavy (non-hydrogen) atoms. The number of hydrogen-bond acceptors (Lipinski definition) is 3. The summed E-state index contributed by atoms with van der Waals surface area (Å²) in [6, 6.07) is 9.72. The zero-order valence-electron chi connectivity index (χ0n) is 16.7. The third-order valence-electron chi connectivity index (χ3n) is 4.47. The second-order valence-corrected chi connectivity index (χ2v) is 8.48. The van der Waals surface area contributed by atoms with Crippen LogP contribution < -0.4 is 9.47 Å². The molecule has 0 fully saturated rings. The lowest BCUT2D eigenvalue weighted by molar-refractivity contribution is 0.404. The molecule has 0 bridgehead atoms. The molecule has 3 nitrogen and oxygen atoms in total. The average Bonchev–Trinajstić information content (AvgIpc) is 2.51. The molecule has 0 aromatic heterocycles. The summed E-state index contributed by atoms with van der Waals surface area (Å²) in [6.45, 7) is 12.9. The molecular weight excluding hydrogens is 312 g/mol. The fraction of sp³-hybridized carbons (Fsp3) is 0.455. The van der Waals surface area contributed by atoms with Gasteiger partial charge in [-0.05, 0) is 46.2 Å². The minimum absolute atomic E-state index is 0.0471. The highest BCUT2D eigenvalue weighted by atomic mass is 16.5. The Morgan fingerprint density at radius 3 is 1.92 bits per heavy atom. The Hall–Kier alpha value is -2.16. The smallest absolute Gasteiger partial charge is 0.127 e. The van der Waals surface area contributed by atoms with E-state index in [2.05, 4.69) is 47.6 Å². The molecule has 0 unspecified atom stereocenters. The molecule has 2 aromatic rings. The highest BCUT2D eigenvalue weighted by molar-refractivity contribution is 5.81. The molecular formula is C22H30O3. The van der Waals surface area contributed by atoms with Crippen molar-refractivity contribution in [3.63, 3.8) is 0 Å². The Bertz CT molecular complexity index is 762. The second-order valence-electron chi connectivity index (χ2n) is 8.48. The van der Waals surface area contributed by atoms with Crippen LogP contribution in [0.4, 0.5) is 0 Å². The summed E-state index contributed by atoms with van der Waals surface area (Å²) in [5.74, 6) is 1.71. The maximum Gasteiger partial charge on any atom is 0.127 e. The van der Waals surface area contributed by atoms with E-state index in [1.807, 2.05) is 24.3 Å². The second kappa shape index (κ2) is 6.62. The van der Waals surface area contributed by atoms with Crippen LogP contribution in [0.3, 0.4) is 0 Å². The molecule has 0 radical (unpaired) electrons. The first-order chi connectivity index (χ1) is 11.5. The number of phenols is 1. The molecule has 0 spiro atoms. The molecule has 1 N–H and O–H groups in total. The van der Waals surface area contributed by atoms with Crippen molar-refractivity contribution in [2.24, 2.45) is 0 Å². The Balaban J connectivity index is 2.86. The molecule has 0 saturated heterocycles. The van der Waals surface area contributed by atoms with Gasteiger partial charge in [0, 0.05) is 11.1 Å². The molecule has 0 aliphatic rings. The first-order valence-electron chi connectivity index (χ1n) is 8.59. The van der Waals surface area contributed by atoms with E-state index >= 15 is 0 Å². The van der Waals surface area contributed by atoms with Gasteiger partial charge in [-0.1, -0.05) is 47.6 Å². The van der Waals surface area contributed by atoms with Crippen molar-refractivity contribution in [2.45, 2.75) is 52.4 Å². The van der Waals surface area contributed by atoms with Gasteiger partial charge >= 0.3 is 0 Å². The van der Waals surface area contributed by atoms with Crippen molar-refractivity contribution in [1.29, 1.82) is 0 Å². The Morgan fingerprint density at radius 2 is 1.44 bits per heavy atom. The van der Waals surface area contributed by atoms with E-state index in [0.29, 0.717) is 5.75 Å². The Morgan fingerprint density at radius 1 is 0.800 bits per heavy atom. The molecule has 0 heterocycles. The van der Waals surface area contributed by atoms with Crippen LogP contribution >= 0.6 is 0 Å². The standard InChI is InChI=1S/C22H30O3/c1-21(2,3)14-11-17(22(4,5)6)20(18(23)12-14)16-13-15(24-7)9-10-19(16)25-8/h9-13,23H,1-8H3. The van der Waals surface area contributed by atoms with Crippen LogP contribution in [0.2, 0.25) is 0 Å². The van der Waals surface area contributed by atoms with Crippen molar-refractivity contribution < 1.29 is 14.6 Å². The normalized spacial score (nSPS) is 12.2. The van der Waals surface area contributed by atoms with Gasteiger partial charge in [-0.15, -0.1) is 0 Å². The van der Waals surface area contributed by atoms with Crippen LogP contribution in [-0.4, -0.2) is 19.3 Å². The zero-order chi connectivity index (χ0) is 19.0. The van der Waals surface area contributed by atoms with Crippen molar-refractivity contribution in [3.8, 4) is 28.4 Å². The highest BCUT2D eigenvalue weighted by Gasteiger charge is 2.27. The summed E-state index contributed by atoms with van der Waals surface area (Å²) in [4.78, 5) is 0. The quantitative estimate of drug-likeness (QED) is 0.781. The molecule has 136 valence electrons. The van der Waals surface area contributed by atoms with Gasteiger partial charge in [0.2, 0.25) is 0 Å². The minimum Gasteiger partial charge on any atom is -0.507 e. The van der Waals surface area contributed by atoms with E-state index in [9.17, 15) is 5.11 Å². The fourth-order valence-corrected chi connectivity index (χ4v) is 2.94. The predicted octanol–water partition coefficient (Wildman–Crippen LogP) is 5.67. The number of hydrogen-bond donors (Lipinski definition) is 1. The largest absolute Gasteiger partial charge is 0.507 e. The molecule has 2 rings (SSSR count). The van der Waals surface area contributed by atoms with E-state index in [0.717, 1.165) is 28.0 Å². The van der Waals surface area contributed by atoms with Crippen molar-refractivity contribution in [1.82, 2.24) is 0 Å². The SMILES string of the molecule is COc1ccc(OC)c(-c2c(O)cc(C(C)(C)C)cc2C(C)(C)C)c1. The zero-order valence-corrected chi connectivity index (χ0v) is 16.7. The number of rotatable bonds is 3. The average molecular weight is 342 g/mol. The number of aromatic hydroxyl groups is 1. The number of methoxy groups -OCH3 is 2. The van der Waals surface area contributed by atoms with Gasteiger partial charge in [-0.25, -0.2) is 0 Å². The summed E-state index contributed by atoms with van der Waals surface area (Å²) >= 11 is 0. The van der Waals surface area contributed by atoms with Gasteiger partial charge < -0.3 is 14.6 Å². The van der Waals surface area contributed by atoms with Crippen molar-refractivity contribution >= 4 is 0 Å². The maximum atomic E-state index is 10.9. The van der Waals surface area contributed by atoms with E-state index < -0.39 is 0 Å². The molecule has 3 heteroatoms. The fourth-order valence-electron chi connectivity index (χ4n) is 2.94. The number of phenolic OH excluding ortho intramolecular Hbond substituents is 1. The Labute approximate surface area is 151 Å². The lowest BCUT2D eigenvalue weighted by Crippen LogP contribution is -2.17. The predicted molar refractivity (Wildman–Crippen MR) is 104 cm³/mol. The summed E-state index contributed by atoms with van der Waals surface area (Å²) < 4.78 is 10.9. The highest BCUT2D eigenvalue weighted by Crippen LogP contribution is 2.46. The van der Waals surface area contributed by atoms with Crippen LogP contribution in [0.1, 0.15) is 52.7 Å². The van der Waals surface area contributed by atoms with Crippen LogP contribution in [0.25, 0.3) is 11.1 Å². The first-order valence-corrected chi connectivity index (χ1v) is 8.59. The summed E-state index contributed by atoms with van der Waals surface area (Å²) in [5.41, 5.74) is 3.65. The van der Waals surface area contributed by atoms with E-state index in [4.69, 9.17) is 9.47 Å². The van der Waals surface area contributed by atoms with Gasteiger partial charge in [-0.3, -0.25) is 0 Å². The van der Waals surface area contributed by atoms with E-state index in [-0.39, 0.29) is 16.6 Å². The molecule has 0 saturated carbocycles. The van der Waals surface area contributed by atoms with Gasteiger partial charge in [0.05, 0.1) is 14.2 Å². The van der Waals surface area contributed by atoms with Crippen molar-refractivity contribution in [2.75, 3.05) is 14.2 Å². The minimum atomic E-state index is -0.137. The maximum absolute atomic E-state index is 10.9. The molecule has 2 aromatic carbocycles. The van der Waals surface area contributed by atoms with Gasteiger partial charge in [-0.2, -0.15) is 0 Å². The van der Waals surface area contributed by atoms with Crippen LogP contribution in [0.15, 0.2) is 30.3 Å². The molecule has 0 atom stereocenters. The van der Waals surface area contributed by atoms with Gasteiger partial charge in [0.25, 0.3) is 0 Å². The third-order valence-corrected chi connectivity index (χ3v) is 4.47. The monoisotopic (exact) mass is 342 g/mol. The van der Waals surface area contributed by atoms with Crippen LogP contribution in [-0.2, 0) is 10.8 Å². The number of benzene rings is 2. The molecule has 0 aliphatic heterocycles. The van der Waals surface area contributed by atoms with E-state index in [1.54, 1.807) is 14.2 Å². The third kappa shape index (κ3) is 3.92. The molecule has 0 aliphatic carbocycles. The topological polar surface area (TPSA) is 38.7 Å². The van der Waals surface area contributed by atoms with E-state index in [1.165, 1.54) is 0 Å². The van der Waals surface area contributed by atoms with Crippen LogP contribution in [0, 0.1) is 0 Å². The van der Waals surface area contributed by atoms with Crippen LogP contribution in [0.5, 0.6) is 17.2 Å². The molecule has 0 amide bonds. The number of ether oxygens (including phenoxy) is 2. The summed E-state index contributed by atoms with van der Waals surface area (Å²) in [6.07, 6.45) is 0. The lowest BCUT2D eigenvalue weighted by atomic mass is 9.76. The summed E-state index contributed by atoms with van der Waals surface area (Å²) in [5, 5.41) is 10.9. The van der Waals surface area contributed by atoms with Gasteiger partial charge in [0.15, 0.2) is 0 Å². The lowest BCUT2D eigenvalue weighted by Gasteiger charge is -2.29.